The molecular formula is C43H31N. The maximum atomic E-state index is 2.54. The summed E-state index contributed by atoms with van der Waals surface area (Å²) in [6, 6.07) is 47.6. The summed E-state index contributed by atoms with van der Waals surface area (Å²) in [6.45, 7) is 4.83. The Labute approximate surface area is 257 Å². The molecule has 1 heterocycles. The Kier molecular flexibility index (Phi) is 4.69. The summed E-state index contributed by atoms with van der Waals surface area (Å²) in [4.78, 5) is 0. The summed E-state index contributed by atoms with van der Waals surface area (Å²) in [5.74, 6) is 0. The van der Waals surface area contributed by atoms with Gasteiger partial charge in [0.25, 0.3) is 0 Å². The average Bonchev–Trinajstić information content (AvgIpc) is 3.66. The van der Waals surface area contributed by atoms with Gasteiger partial charge >= 0.3 is 0 Å². The zero-order chi connectivity index (χ0) is 29.2. The third-order valence-corrected chi connectivity index (χ3v) is 10.7. The minimum absolute atomic E-state index is 0.0650. The van der Waals surface area contributed by atoms with Gasteiger partial charge < -0.3 is 4.57 Å². The highest BCUT2D eigenvalue weighted by Gasteiger charge is 2.41. The maximum Gasteiger partial charge on any atom is 0.0537 e. The molecule has 0 spiro atoms. The van der Waals surface area contributed by atoms with Gasteiger partial charge in [0.1, 0.15) is 0 Å². The fourth-order valence-electron chi connectivity index (χ4n) is 8.80. The van der Waals surface area contributed by atoms with Gasteiger partial charge in [0.2, 0.25) is 0 Å². The lowest BCUT2D eigenvalue weighted by molar-refractivity contribution is 0.600. The lowest BCUT2D eigenvalue weighted by atomic mass is 9.77. The van der Waals surface area contributed by atoms with Crippen molar-refractivity contribution in [3.63, 3.8) is 0 Å². The lowest BCUT2D eigenvalue weighted by Gasteiger charge is -2.27. The van der Waals surface area contributed by atoms with E-state index in [-0.39, 0.29) is 5.41 Å². The van der Waals surface area contributed by atoms with Crippen LogP contribution in [0.3, 0.4) is 0 Å². The lowest BCUT2D eigenvalue weighted by Crippen LogP contribution is -2.19. The maximum absolute atomic E-state index is 2.54. The van der Waals surface area contributed by atoms with E-state index in [0.29, 0.717) is 0 Å². The summed E-state index contributed by atoms with van der Waals surface area (Å²) >= 11 is 0. The van der Waals surface area contributed by atoms with E-state index in [1.54, 1.807) is 5.57 Å². The van der Waals surface area contributed by atoms with Crippen molar-refractivity contribution >= 4 is 27.2 Å². The van der Waals surface area contributed by atoms with Crippen LogP contribution in [0.4, 0.5) is 0 Å². The smallest absolute Gasteiger partial charge is 0.0537 e. The molecule has 3 aliphatic carbocycles. The quantitative estimate of drug-likeness (QED) is 0.198. The molecule has 1 heteroatoms. The molecule has 3 aliphatic rings. The molecule has 208 valence electrons. The molecule has 1 aromatic heterocycles. The second-order valence-corrected chi connectivity index (χ2v) is 13.2. The normalized spacial score (nSPS) is 15.4. The van der Waals surface area contributed by atoms with E-state index in [1.165, 1.54) is 88.7 Å². The second kappa shape index (κ2) is 8.49. The van der Waals surface area contributed by atoms with E-state index < -0.39 is 0 Å². The number of allylic oxidation sites excluding steroid dienone is 1. The molecule has 0 amide bonds. The minimum atomic E-state index is 0.0650. The zero-order valence-electron chi connectivity index (χ0n) is 25.0. The van der Waals surface area contributed by atoms with Gasteiger partial charge in [0, 0.05) is 27.7 Å². The molecule has 0 bridgehead atoms. The molecule has 10 rings (SSSR count). The summed E-state index contributed by atoms with van der Waals surface area (Å²) in [5.41, 5.74) is 19.4. The van der Waals surface area contributed by atoms with E-state index in [9.17, 15) is 0 Å². The highest BCUT2D eigenvalue weighted by molar-refractivity contribution is 6.18. The number of rotatable bonds is 2. The highest BCUT2D eigenvalue weighted by Crippen LogP contribution is 2.55. The summed E-state index contributed by atoms with van der Waals surface area (Å²) in [7, 11) is 0. The number of hydrogen-bond donors (Lipinski definition) is 0. The molecule has 0 N–H and O–H groups in total. The first-order valence-corrected chi connectivity index (χ1v) is 15.8. The van der Waals surface area contributed by atoms with Crippen LogP contribution in [0.5, 0.6) is 0 Å². The number of hydrogen-bond acceptors (Lipinski definition) is 0. The van der Waals surface area contributed by atoms with Crippen LogP contribution in [0.1, 0.15) is 42.7 Å². The average molecular weight is 562 g/mol. The van der Waals surface area contributed by atoms with Gasteiger partial charge in [-0.3, -0.25) is 0 Å². The molecule has 6 aromatic carbocycles. The Morgan fingerprint density at radius 2 is 1.16 bits per heavy atom. The minimum Gasteiger partial charge on any atom is -0.313 e. The molecule has 0 aliphatic heterocycles. The SMILES string of the molecule is CC1(C)C2=C(c3ccccc31)c1c(n(-c3ccc(-c4ccc5c6c(cccc46)-c4ccccc4-5)cc3)c3ccccc13)CC2. The van der Waals surface area contributed by atoms with Crippen molar-refractivity contribution in [1.29, 1.82) is 0 Å². The molecular weight excluding hydrogens is 530 g/mol. The molecule has 0 saturated heterocycles. The first-order valence-electron chi connectivity index (χ1n) is 15.8. The van der Waals surface area contributed by atoms with Crippen LogP contribution < -0.4 is 0 Å². The Morgan fingerprint density at radius 3 is 1.98 bits per heavy atom. The molecule has 44 heavy (non-hydrogen) atoms. The number of para-hydroxylation sites is 1. The third-order valence-electron chi connectivity index (χ3n) is 10.7. The van der Waals surface area contributed by atoms with E-state index in [1.807, 2.05) is 0 Å². The van der Waals surface area contributed by atoms with Crippen LogP contribution in [-0.2, 0) is 11.8 Å². The number of benzene rings is 6. The van der Waals surface area contributed by atoms with Gasteiger partial charge in [0.15, 0.2) is 0 Å². The Bertz CT molecular complexity index is 2360. The summed E-state index contributed by atoms with van der Waals surface area (Å²) in [5, 5.41) is 4.07. The number of aromatic nitrogens is 1. The van der Waals surface area contributed by atoms with Crippen molar-refractivity contribution < 1.29 is 0 Å². The van der Waals surface area contributed by atoms with Crippen molar-refractivity contribution in [3.8, 4) is 39.1 Å². The molecule has 0 saturated carbocycles. The van der Waals surface area contributed by atoms with Crippen molar-refractivity contribution in [2.45, 2.75) is 32.1 Å². The van der Waals surface area contributed by atoms with E-state index in [0.717, 1.165) is 12.8 Å². The Hall–Kier alpha value is -5.14. The van der Waals surface area contributed by atoms with Crippen LogP contribution in [0, 0.1) is 0 Å². The largest absolute Gasteiger partial charge is 0.313 e. The highest BCUT2D eigenvalue weighted by atomic mass is 15.0. The van der Waals surface area contributed by atoms with Gasteiger partial charge in [-0.05, 0) is 91.9 Å². The van der Waals surface area contributed by atoms with Crippen LogP contribution >= 0.6 is 0 Å². The molecule has 0 atom stereocenters. The predicted octanol–water partition coefficient (Wildman–Crippen LogP) is 11.1. The Balaban J connectivity index is 1.14. The first kappa shape index (κ1) is 24.3. The third kappa shape index (κ3) is 2.99. The topological polar surface area (TPSA) is 4.93 Å². The molecule has 7 aromatic rings. The van der Waals surface area contributed by atoms with Crippen molar-refractivity contribution in [1.82, 2.24) is 4.57 Å². The summed E-state index contributed by atoms with van der Waals surface area (Å²) in [6.07, 6.45) is 2.15. The predicted molar refractivity (Wildman–Crippen MR) is 184 cm³/mol. The van der Waals surface area contributed by atoms with Gasteiger partial charge in [-0.15, -0.1) is 0 Å². The first-order chi connectivity index (χ1) is 21.6. The van der Waals surface area contributed by atoms with Crippen LogP contribution in [0.2, 0.25) is 0 Å². The Morgan fingerprint density at radius 1 is 0.523 bits per heavy atom. The fraction of sp³-hybridized carbons (Fsp3) is 0.116. The van der Waals surface area contributed by atoms with Crippen molar-refractivity contribution in [3.05, 3.63) is 155 Å². The van der Waals surface area contributed by atoms with Crippen LogP contribution in [0.25, 0.3) is 66.3 Å². The molecule has 1 nitrogen and oxygen atoms in total. The number of fused-ring (bicyclic) bond motifs is 9. The molecule has 0 radical (unpaired) electrons. The number of nitrogens with zero attached hydrogens (tertiary/aromatic N) is 1. The molecule has 0 fully saturated rings. The van der Waals surface area contributed by atoms with Gasteiger partial charge in [-0.1, -0.05) is 129 Å². The van der Waals surface area contributed by atoms with E-state index >= 15 is 0 Å². The standard InChI is InChI=1S/C43H31N/c1-43(2)36-16-7-5-12-34(36)41-37(43)24-25-39-42(41)35-13-6-8-17-38(35)44(39)27-20-18-26(19-21-27)28-22-23-33-30-11-4-3-10-29(30)32-15-9-14-31(28)40(32)33/h3-23H,24-25H2,1-2H3. The second-order valence-electron chi connectivity index (χ2n) is 13.2. The van der Waals surface area contributed by atoms with E-state index in [2.05, 4.69) is 146 Å². The van der Waals surface area contributed by atoms with Crippen LogP contribution in [0.15, 0.2) is 133 Å². The van der Waals surface area contributed by atoms with Gasteiger partial charge in [-0.25, -0.2) is 0 Å². The zero-order valence-corrected chi connectivity index (χ0v) is 25.0. The summed E-state index contributed by atoms with van der Waals surface area (Å²) < 4.78 is 2.54. The fourth-order valence-corrected chi connectivity index (χ4v) is 8.80. The van der Waals surface area contributed by atoms with Crippen molar-refractivity contribution in [2.24, 2.45) is 0 Å². The van der Waals surface area contributed by atoms with Crippen molar-refractivity contribution in [2.75, 3.05) is 0 Å². The van der Waals surface area contributed by atoms with Gasteiger partial charge in [-0.2, -0.15) is 0 Å². The monoisotopic (exact) mass is 561 g/mol. The van der Waals surface area contributed by atoms with Gasteiger partial charge in [0.05, 0.1) is 5.52 Å². The van der Waals surface area contributed by atoms with E-state index in [4.69, 9.17) is 0 Å². The van der Waals surface area contributed by atoms with Crippen LogP contribution in [-0.4, -0.2) is 4.57 Å². The molecule has 0 unspecified atom stereocenters.